The van der Waals surface area contributed by atoms with Crippen LogP contribution in [0, 0.1) is 0 Å². The number of aromatic amines is 1. The van der Waals surface area contributed by atoms with E-state index in [0.717, 1.165) is 38.8 Å². The number of H-pyrrole nitrogens is 1. The highest BCUT2D eigenvalue weighted by Crippen LogP contribution is 2.20. The fraction of sp³-hybridized carbons (Fsp3) is 0.391. The quantitative estimate of drug-likeness (QED) is 0.489. The first-order valence-corrected chi connectivity index (χ1v) is 10.6. The summed E-state index contributed by atoms with van der Waals surface area (Å²) in [5, 5.41) is 2.65. The first-order valence-electron chi connectivity index (χ1n) is 10.6. The third-order valence-electron chi connectivity index (χ3n) is 4.95. The van der Waals surface area contributed by atoms with E-state index >= 15 is 0 Å². The van der Waals surface area contributed by atoms with Crippen LogP contribution < -0.4 is 15.2 Å². The molecule has 1 aliphatic rings. The Morgan fingerprint density at radius 3 is 2.48 bits per heavy atom. The largest absolute Gasteiger partial charge is 0.462 e. The molecule has 8 heteroatoms. The fourth-order valence-corrected chi connectivity index (χ4v) is 3.28. The summed E-state index contributed by atoms with van der Waals surface area (Å²) in [5.41, 5.74) is 1.32. The Bertz CT molecular complexity index is 908. The number of pyridine rings is 1. The second-order valence-corrected chi connectivity index (χ2v) is 7.32. The molecule has 0 aliphatic carbocycles. The van der Waals surface area contributed by atoms with E-state index in [-0.39, 0.29) is 0 Å². The molecule has 1 aromatic heterocycles. The van der Waals surface area contributed by atoms with Crippen LogP contribution in [-0.4, -0.2) is 44.1 Å². The van der Waals surface area contributed by atoms with Gasteiger partial charge in [0.25, 0.3) is 11.7 Å². The van der Waals surface area contributed by atoms with Crippen molar-refractivity contribution in [2.75, 3.05) is 36.5 Å². The van der Waals surface area contributed by atoms with Gasteiger partial charge in [-0.25, -0.2) is 14.6 Å². The Labute approximate surface area is 181 Å². The van der Waals surface area contributed by atoms with Crippen molar-refractivity contribution < 1.29 is 28.8 Å². The van der Waals surface area contributed by atoms with Gasteiger partial charge in [0.1, 0.15) is 5.56 Å². The van der Waals surface area contributed by atoms with Gasteiger partial charge in [0.2, 0.25) is 0 Å². The predicted molar refractivity (Wildman–Crippen MR) is 115 cm³/mol. The molecule has 0 radical (unpaired) electrons. The number of benzene rings is 1. The molecule has 164 valence electrons. The Morgan fingerprint density at radius 1 is 1.03 bits per heavy atom. The van der Waals surface area contributed by atoms with Crippen molar-refractivity contribution in [1.82, 2.24) is 0 Å². The number of anilines is 2. The number of hydrogen-bond donors (Lipinski definition) is 1. The molecule has 1 aliphatic heterocycles. The number of nitrogens with zero attached hydrogens (tertiary/aromatic N) is 1. The Balaban J connectivity index is 1.50. The minimum absolute atomic E-state index is 0.387. The predicted octanol–water partition coefficient (Wildman–Crippen LogP) is 2.85. The van der Waals surface area contributed by atoms with E-state index in [1.165, 1.54) is 0 Å². The average Bonchev–Trinajstić information content (AvgIpc) is 3.33. The number of hydrogen-bond acceptors (Lipinski definition) is 6. The molecular formula is C23H28N3O5+. The minimum atomic E-state index is -0.556. The third kappa shape index (κ3) is 6.28. The summed E-state index contributed by atoms with van der Waals surface area (Å²) in [6.07, 6.45) is 5.69. The Morgan fingerprint density at radius 2 is 1.77 bits per heavy atom. The van der Waals surface area contributed by atoms with Crippen molar-refractivity contribution in [3.8, 4) is 0 Å². The van der Waals surface area contributed by atoms with Crippen molar-refractivity contribution in [3.63, 3.8) is 0 Å². The molecule has 3 rings (SSSR count). The molecule has 31 heavy (non-hydrogen) atoms. The van der Waals surface area contributed by atoms with Crippen LogP contribution in [0.25, 0.3) is 0 Å². The lowest BCUT2D eigenvalue weighted by Gasteiger charge is -2.12. The first kappa shape index (κ1) is 22.3. The van der Waals surface area contributed by atoms with Gasteiger partial charge in [0.05, 0.1) is 31.5 Å². The van der Waals surface area contributed by atoms with Crippen LogP contribution in [0.15, 0.2) is 42.6 Å². The molecule has 0 spiro atoms. The lowest BCUT2D eigenvalue weighted by atomic mass is 10.2. The summed E-state index contributed by atoms with van der Waals surface area (Å²) in [6, 6.07) is 9.78. The van der Waals surface area contributed by atoms with Gasteiger partial charge in [-0.3, -0.25) is 9.69 Å². The van der Waals surface area contributed by atoms with E-state index in [0.29, 0.717) is 29.2 Å². The third-order valence-corrected chi connectivity index (χ3v) is 4.95. The van der Waals surface area contributed by atoms with Crippen LogP contribution in [-0.2, 0) is 14.3 Å². The minimum Gasteiger partial charge on any atom is -0.462 e. The van der Waals surface area contributed by atoms with Gasteiger partial charge in [-0.1, -0.05) is 13.3 Å². The van der Waals surface area contributed by atoms with E-state index < -0.39 is 24.5 Å². The Hall–Kier alpha value is -3.42. The number of aromatic nitrogens is 1. The maximum Gasteiger partial charge on any atom is 0.347 e. The monoisotopic (exact) mass is 426 g/mol. The number of carbonyl (C=O) groups is 3. The molecular weight excluding hydrogens is 398 g/mol. The number of nitrogens with one attached hydrogen (secondary N) is 2. The van der Waals surface area contributed by atoms with Gasteiger partial charge in [-0.15, -0.1) is 0 Å². The van der Waals surface area contributed by atoms with Gasteiger partial charge < -0.3 is 14.8 Å². The average molecular weight is 426 g/mol. The van der Waals surface area contributed by atoms with Gasteiger partial charge in [0, 0.05) is 5.69 Å². The summed E-state index contributed by atoms with van der Waals surface area (Å²) >= 11 is 0. The number of esters is 2. The fourth-order valence-electron chi connectivity index (χ4n) is 3.28. The van der Waals surface area contributed by atoms with Crippen LogP contribution >= 0.6 is 0 Å². The molecule has 0 bridgehead atoms. The highest BCUT2D eigenvalue weighted by Gasteiger charge is 2.27. The second-order valence-electron chi connectivity index (χ2n) is 7.32. The maximum atomic E-state index is 12.5. The van der Waals surface area contributed by atoms with E-state index in [2.05, 4.69) is 15.2 Å². The zero-order valence-electron chi connectivity index (χ0n) is 17.7. The van der Waals surface area contributed by atoms with E-state index in [1.54, 1.807) is 42.6 Å². The zero-order valence-corrected chi connectivity index (χ0v) is 17.7. The highest BCUT2D eigenvalue weighted by molar-refractivity contribution is 5.98. The molecule has 0 saturated carbocycles. The standard InChI is InChI=1S/C23H27N3O5/c1-2-3-15-30-22(28)17-8-10-18(11-9-17)25-20(27)16-31-23(29)19-7-6-12-24-21(19)26-13-4-5-14-26/h6-12H,2-5,13-16H2,1H3,(H,25,27)/p+1. The number of rotatable bonds is 9. The van der Waals surface area contributed by atoms with Gasteiger partial charge in [0.15, 0.2) is 6.61 Å². The zero-order chi connectivity index (χ0) is 22.1. The SMILES string of the molecule is CCCCOC(=O)c1ccc(NC(=O)COC(=O)c2ccc[nH+]c2N2CCCC2)cc1. The number of carbonyl (C=O) groups excluding carboxylic acids is 3. The van der Waals surface area contributed by atoms with E-state index in [1.807, 2.05) is 6.92 Å². The molecule has 1 saturated heterocycles. The molecule has 0 unspecified atom stereocenters. The number of unbranched alkanes of at least 4 members (excludes halogenated alkanes) is 1. The molecule has 1 amide bonds. The lowest BCUT2D eigenvalue weighted by molar-refractivity contribution is -0.364. The normalized spacial score (nSPS) is 13.0. The first-order chi connectivity index (χ1) is 15.1. The molecule has 1 fully saturated rings. The molecule has 2 heterocycles. The van der Waals surface area contributed by atoms with Crippen LogP contribution in [0.4, 0.5) is 11.5 Å². The lowest BCUT2D eigenvalue weighted by Crippen LogP contribution is -2.29. The Kier molecular flexibility index (Phi) is 7.98. The summed E-state index contributed by atoms with van der Waals surface area (Å²) in [7, 11) is 0. The van der Waals surface area contributed by atoms with Crippen LogP contribution in [0.2, 0.25) is 0 Å². The van der Waals surface area contributed by atoms with Crippen molar-refractivity contribution in [2.45, 2.75) is 32.6 Å². The van der Waals surface area contributed by atoms with Crippen molar-refractivity contribution >= 4 is 29.4 Å². The highest BCUT2D eigenvalue weighted by atomic mass is 16.5. The second kappa shape index (κ2) is 11.1. The van der Waals surface area contributed by atoms with Gasteiger partial charge in [-0.2, -0.15) is 0 Å². The summed E-state index contributed by atoms with van der Waals surface area (Å²) in [4.78, 5) is 41.8. The number of ether oxygens (including phenoxy) is 2. The summed E-state index contributed by atoms with van der Waals surface area (Å²) in [5.74, 6) is -0.700. The number of amides is 1. The summed E-state index contributed by atoms with van der Waals surface area (Å²) < 4.78 is 10.4. The molecule has 8 nitrogen and oxygen atoms in total. The van der Waals surface area contributed by atoms with Crippen LogP contribution in [0.1, 0.15) is 53.3 Å². The summed E-state index contributed by atoms with van der Waals surface area (Å²) in [6.45, 7) is 3.76. The van der Waals surface area contributed by atoms with Crippen LogP contribution in [0.3, 0.4) is 0 Å². The van der Waals surface area contributed by atoms with Gasteiger partial charge >= 0.3 is 11.9 Å². The maximum absolute atomic E-state index is 12.5. The van der Waals surface area contributed by atoms with Crippen molar-refractivity contribution in [2.24, 2.45) is 0 Å². The van der Waals surface area contributed by atoms with E-state index in [4.69, 9.17) is 9.47 Å². The van der Waals surface area contributed by atoms with Crippen molar-refractivity contribution in [1.29, 1.82) is 0 Å². The van der Waals surface area contributed by atoms with E-state index in [9.17, 15) is 14.4 Å². The smallest absolute Gasteiger partial charge is 0.347 e. The van der Waals surface area contributed by atoms with Gasteiger partial charge in [-0.05, 0) is 55.7 Å². The molecule has 0 atom stereocenters. The molecule has 1 aromatic carbocycles. The van der Waals surface area contributed by atoms with Crippen LogP contribution in [0.5, 0.6) is 0 Å². The van der Waals surface area contributed by atoms with Crippen molar-refractivity contribution in [3.05, 3.63) is 53.7 Å². The topological polar surface area (TPSA) is 99.1 Å². The molecule has 2 N–H and O–H groups in total. The molecule has 2 aromatic rings.